The van der Waals surface area contributed by atoms with Crippen LogP contribution < -0.4 is 4.74 Å². The van der Waals surface area contributed by atoms with Crippen LogP contribution in [0.4, 0.5) is 0 Å². The van der Waals surface area contributed by atoms with Gasteiger partial charge in [-0.25, -0.2) is 4.18 Å². The molecule has 0 bridgehead atoms. The van der Waals surface area contributed by atoms with Gasteiger partial charge in [0.15, 0.2) is 5.40 Å². The summed E-state index contributed by atoms with van der Waals surface area (Å²) in [6.07, 6.45) is 0. The van der Waals surface area contributed by atoms with E-state index in [0.717, 1.165) is 0 Å². The number of hydrogen-bond donors (Lipinski definition) is 0. The summed E-state index contributed by atoms with van der Waals surface area (Å²) in [6.45, 7) is 0. The Morgan fingerprint density at radius 3 is 2.54 bits per heavy atom. The van der Waals surface area contributed by atoms with Gasteiger partial charge in [0.05, 0.1) is 4.92 Å². The first-order valence-corrected chi connectivity index (χ1v) is 7.15. The highest BCUT2D eigenvalue weighted by Gasteiger charge is 2.50. The highest BCUT2D eigenvalue weighted by atomic mass is 32.2. The number of nitrogens with zero attached hydrogens (tertiary/aromatic N) is 5. The molecule has 10 heteroatoms. The summed E-state index contributed by atoms with van der Waals surface area (Å²) in [5, 5.41) is 24.9. The van der Waals surface area contributed by atoms with Crippen molar-refractivity contribution in [2.75, 3.05) is 0 Å². The number of ether oxygens (including phenoxy) is 1. The van der Waals surface area contributed by atoms with E-state index in [1.165, 1.54) is 18.2 Å². The zero-order valence-corrected chi connectivity index (χ0v) is 12.8. The van der Waals surface area contributed by atoms with Crippen molar-refractivity contribution in [3.05, 3.63) is 80.7 Å². The van der Waals surface area contributed by atoms with E-state index in [4.69, 9.17) is 19.7 Å². The van der Waals surface area contributed by atoms with Gasteiger partial charge in [0.25, 0.3) is 0 Å². The van der Waals surface area contributed by atoms with Crippen LogP contribution in [-0.2, 0) is 10.0 Å². The first-order chi connectivity index (χ1) is 11.6. The summed E-state index contributed by atoms with van der Waals surface area (Å²) in [5.41, 5.74) is 8.59. The largest absolute Gasteiger partial charge is 0.457 e. The van der Waals surface area contributed by atoms with Crippen molar-refractivity contribution in [2.45, 2.75) is 5.85 Å². The first kappa shape index (κ1) is 17.1. The van der Waals surface area contributed by atoms with Gasteiger partial charge in [0.2, 0.25) is 0 Å². The second-order valence-electron chi connectivity index (χ2n) is 4.22. The molecule has 0 aliphatic carbocycles. The third kappa shape index (κ3) is 3.56. The van der Waals surface area contributed by atoms with Crippen LogP contribution in [0, 0.1) is 20.8 Å². The fourth-order valence-corrected chi connectivity index (χ4v) is 2.20. The van der Waals surface area contributed by atoms with Crippen LogP contribution >= 0.6 is 12.0 Å². The Kier molecular flexibility index (Phi) is 5.59. The Labute approximate surface area is 140 Å². The van der Waals surface area contributed by atoms with Gasteiger partial charge < -0.3 is 4.74 Å². The van der Waals surface area contributed by atoms with Crippen LogP contribution in [0.15, 0.2) is 59.7 Å². The van der Waals surface area contributed by atoms with E-state index in [2.05, 4.69) is 10.0 Å². The van der Waals surface area contributed by atoms with Crippen molar-refractivity contribution >= 4 is 12.0 Å². The van der Waals surface area contributed by atoms with Crippen LogP contribution in [0.25, 0.3) is 10.4 Å². The van der Waals surface area contributed by atoms with Gasteiger partial charge in [0.1, 0.15) is 29.1 Å². The topological polar surface area (TPSA) is 134 Å². The van der Waals surface area contributed by atoms with E-state index in [1.807, 2.05) is 0 Å². The normalized spacial score (nSPS) is 12.3. The fourth-order valence-electron chi connectivity index (χ4n) is 1.86. The number of azide groups is 1. The third-order valence-electron chi connectivity index (χ3n) is 2.83. The molecule has 0 fully saturated rings. The lowest BCUT2D eigenvalue weighted by molar-refractivity contribution is -0.624. The second kappa shape index (κ2) is 7.85. The Bertz CT molecular complexity index is 815. The zero-order valence-electron chi connectivity index (χ0n) is 12.0. The minimum absolute atomic E-state index is 0.0614. The number of thiocyanates is 1. The quantitative estimate of drug-likeness (QED) is 0.107. The summed E-state index contributed by atoms with van der Waals surface area (Å²) >= 11 is 0.137. The minimum atomic E-state index is -2.64. The average Bonchev–Trinajstić information content (AvgIpc) is 2.60. The maximum absolute atomic E-state index is 11.6. The van der Waals surface area contributed by atoms with Gasteiger partial charge in [-0.15, -0.1) is 0 Å². The number of nitriles is 1. The highest BCUT2D eigenvalue weighted by molar-refractivity contribution is 7.99. The molecule has 0 amide bonds. The smallest absolute Gasteiger partial charge is 0.449 e. The molecule has 0 spiro atoms. The molecule has 0 radical (unpaired) electrons. The molecule has 0 aliphatic rings. The molecule has 2 aromatic carbocycles. The van der Waals surface area contributed by atoms with Crippen molar-refractivity contribution < 1.29 is 13.8 Å². The van der Waals surface area contributed by atoms with Crippen molar-refractivity contribution in [1.82, 2.24) is 0 Å². The van der Waals surface area contributed by atoms with Crippen LogP contribution in [0.5, 0.6) is 11.5 Å². The summed E-state index contributed by atoms with van der Waals surface area (Å²) in [5.74, 6) is -2.15. The summed E-state index contributed by atoms with van der Waals surface area (Å²) in [7, 11) is 0. The van der Waals surface area contributed by atoms with Crippen molar-refractivity contribution in [3.63, 3.8) is 0 Å². The highest BCUT2D eigenvalue weighted by Crippen LogP contribution is 2.39. The predicted octanol–water partition coefficient (Wildman–Crippen LogP) is 4.32. The lowest BCUT2D eigenvalue weighted by Gasteiger charge is -2.20. The first-order valence-electron chi connectivity index (χ1n) is 6.41. The van der Waals surface area contributed by atoms with Gasteiger partial charge in [-0.1, -0.05) is 30.3 Å². The molecule has 9 nitrogen and oxygen atoms in total. The molecule has 1 atom stereocenters. The van der Waals surface area contributed by atoms with Gasteiger partial charge >= 0.3 is 5.85 Å². The molecule has 120 valence electrons. The van der Waals surface area contributed by atoms with E-state index < -0.39 is 10.8 Å². The molecule has 0 saturated heterocycles. The molecule has 0 aromatic heterocycles. The van der Waals surface area contributed by atoms with Gasteiger partial charge in [-0.05, 0) is 29.8 Å². The summed E-state index contributed by atoms with van der Waals surface area (Å²) in [6, 6.07) is 14.4. The molecule has 2 rings (SSSR count). The lowest BCUT2D eigenvalue weighted by atomic mass is 10.1. The maximum atomic E-state index is 11.6. The second-order valence-corrected chi connectivity index (χ2v) is 4.74. The number of para-hydroxylation sites is 2. The van der Waals surface area contributed by atoms with Gasteiger partial charge in [-0.3, -0.25) is 10.1 Å². The molecule has 0 heterocycles. The van der Waals surface area contributed by atoms with Crippen molar-refractivity contribution in [1.29, 1.82) is 5.26 Å². The molecule has 0 aliphatic heterocycles. The van der Waals surface area contributed by atoms with E-state index in [-0.39, 0.29) is 23.4 Å². The fraction of sp³-hybridized carbons (Fsp3) is 0.0714. The number of hydrogen-bond acceptors (Lipinski definition) is 7. The maximum Gasteiger partial charge on any atom is 0.449 e. The summed E-state index contributed by atoms with van der Waals surface area (Å²) < 4.78 is 10.5. The standard InChI is InChI=1S/C14H9N5O4S/c15-10-24-23-14(17-18-16,19(20)21)12-8-4-5-9-13(12)22-11-6-2-1-3-7-11/h1-9H. The van der Waals surface area contributed by atoms with E-state index in [9.17, 15) is 10.1 Å². The van der Waals surface area contributed by atoms with Crippen LogP contribution in [-0.4, -0.2) is 4.92 Å². The van der Waals surface area contributed by atoms with E-state index in [1.54, 1.807) is 41.8 Å². The molecular weight excluding hydrogens is 334 g/mol. The van der Waals surface area contributed by atoms with Crippen LogP contribution in [0.1, 0.15) is 5.56 Å². The zero-order chi connectivity index (χ0) is 17.4. The molecule has 2 aromatic rings. The Hall–Kier alpha value is -3.25. The molecule has 0 saturated carbocycles. The number of nitro groups is 1. The third-order valence-corrected chi connectivity index (χ3v) is 3.22. The lowest BCUT2D eigenvalue weighted by Crippen LogP contribution is -2.34. The monoisotopic (exact) mass is 343 g/mol. The minimum Gasteiger partial charge on any atom is -0.457 e. The van der Waals surface area contributed by atoms with Crippen molar-refractivity contribution in [2.24, 2.45) is 5.11 Å². The predicted molar refractivity (Wildman–Crippen MR) is 85.1 cm³/mol. The van der Waals surface area contributed by atoms with Gasteiger partial charge in [0, 0.05) is 10.0 Å². The van der Waals surface area contributed by atoms with Crippen LogP contribution in [0.2, 0.25) is 0 Å². The Balaban J connectivity index is 2.56. The molecule has 0 N–H and O–H groups in total. The summed E-state index contributed by atoms with van der Waals surface area (Å²) in [4.78, 5) is 13.1. The average molecular weight is 343 g/mol. The van der Waals surface area contributed by atoms with E-state index in [0.29, 0.717) is 5.75 Å². The van der Waals surface area contributed by atoms with Gasteiger partial charge in [-0.2, -0.15) is 5.26 Å². The van der Waals surface area contributed by atoms with Crippen molar-refractivity contribution in [3.8, 4) is 16.9 Å². The molecule has 24 heavy (non-hydrogen) atoms. The van der Waals surface area contributed by atoms with Crippen LogP contribution in [0.3, 0.4) is 0 Å². The molecule has 1 unspecified atom stereocenters. The molecular formula is C14H9N5O4S. The Morgan fingerprint density at radius 2 is 1.92 bits per heavy atom. The Morgan fingerprint density at radius 1 is 1.25 bits per heavy atom. The van der Waals surface area contributed by atoms with E-state index >= 15 is 0 Å². The SMILES string of the molecule is N#CSOC(N=[N+]=[N-])(c1ccccc1Oc1ccccc1)[N+](=O)[O-]. The number of rotatable bonds is 7. The number of benzene rings is 2.